The standard InChI is InChI=1S/C24H40N2OS/c1-4-5-14-27-24-20(28-21(25)26-24)15-19-17-10-9-16-8-6-7-12-22(16,2)18(17)11-13-23(19,24)3/h16-20H,4-15H2,1-3H3,(H2,25,26)/t16-,17+,18-,19-,20-,22-,23-,24+/m0/s1. The van der Waals surface area contributed by atoms with Crippen molar-refractivity contribution in [2.75, 3.05) is 6.61 Å². The third-order valence-corrected chi connectivity index (χ3v) is 11.2. The SMILES string of the molecule is CCCCO[C@]12N=C(N)S[C@H]1C[C@H]1[C@@H]3CC[C@@H]4CCCC[C@]4(C)[C@H]3CC[C@@]12C. The van der Waals surface area contributed by atoms with Crippen LogP contribution in [0.5, 0.6) is 0 Å². The number of nitrogens with two attached hydrogens (primary N) is 1. The van der Waals surface area contributed by atoms with Gasteiger partial charge in [-0.25, -0.2) is 4.99 Å². The molecule has 4 saturated carbocycles. The van der Waals surface area contributed by atoms with E-state index in [-0.39, 0.29) is 11.1 Å². The number of ether oxygens (including phenoxy) is 1. The molecule has 0 unspecified atom stereocenters. The van der Waals surface area contributed by atoms with Crippen LogP contribution in [0.2, 0.25) is 0 Å². The van der Waals surface area contributed by atoms with E-state index in [4.69, 9.17) is 15.5 Å². The zero-order valence-electron chi connectivity index (χ0n) is 18.2. The van der Waals surface area contributed by atoms with Gasteiger partial charge in [0.25, 0.3) is 0 Å². The highest BCUT2D eigenvalue weighted by molar-refractivity contribution is 8.14. The second kappa shape index (κ2) is 6.90. The van der Waals surface area contributed by atoms with E-state index >= 15 is 0 Å². The van der Waals surface area contributed by atoms with Crippen LogP contribution >= 0.6 is 11.8 Å². The Morgan fingerprint density at radius 3 is 2.79 bits per heavy atom. The number of rotatable bonds is 4. The molecule has 2 N–H and O–H groups in total. The fourth-order valence-electron chi connectivity index (χ4n) is 8.58. The van der Waals surface area contributed by atoms with Crippen molar-refractivity contribution in [2.45, 2.75) is 102 Å². The molecule has 5 aliphatic rings. The first-order valence-corrected chi connectivity index (χ1v) is 13.0. The number of aliphatic imine (C=N–C) groups is 1. The van der Waals surface area contributed by atoms with Gasteiger partial charge in [0.2, 0.25) is 0 Å². The van der Waals surface area contributed by atoms with Crippen LogP contribution in [0.15, 0.2) is 4.99 Å². The minimum absolute atomic E-state index is 0.165. The average molecular weight is 405 g/mol. The van der Waals surface area contributed by atoms with E-state index in [1.807, 2.05) is 11.8 Å². The molecule has 0 bridgehead atoms. The molecule has 8 atom stereocenters. The first-order chi connectivity index (χ1) is 13.4. The van der Waals surface area contributed by atoms with Crippen molar-refractivity contribution in [3.05, 3.63) is 0 Å². The summed E-state index contributed by atoms with van der Waals surface area (Å²) in [4.78, 5) is 5.08. The molecule has 1 aliphatic heterocycles. The molecule has 0 aromatic heterocycles. The average Bonchev–Trinajstić information content (AvgIpc) is 3.11. The summed E-state index contributed by atoms with van der Waals surface area (Å²) in [7, 11) is 0. The fraction of sp³-hybridized carbons (Fsp3) is 0.958. The summed E-state index contributed by atoms with van der Waals surface area (Å²) in [6.07, 6.45) is 15.1. The van der Waals surface area contributed by atoms with E-state index in [9.17, 15) is 0 Å². The molecule has 4 aliphatic carbocycles. The Morgan fingerprint density at radius 1 is 1.11 bits per heavy atom. The van der Waals surface area contributed by atoms with Crippen LogP contribution in [0.25, 0.3) is 0 Å². The van der Waals surface area contributed by atoms with Gasteiger partial charge in [-0.3, -0.25) is 0 Å². The van der Waals surface area contributed by atoms with Gasteiger partial charge in [0.15, 0.2) is 10.9 Å². The first-order valence-electron chi connectivity index (χ1n) is 12.1. The normalized spacial score (nSPS) is 52.4. The second-order valence-electron chi connectivity index (χ2n) is 11.0. The van der Waals surface area contributed by atoms with Crippen LogP contribution in [-0.2, 0) is 4.74 Å². The van der Waals surface area contributed by atoms with Crippen molar-refractivity contribution < 1.29 is 4.74 Å². The Balaban J connectivity index is 1.46. The summed E-state index contributed by atoms with van der Waals surface area (Å²) in [6.45, 7) is 8.27. The van der Waals surface area contributed by atoms with Gasteiger partial charge >= 0.3 is 0 Å². The number of hydrogen-bond acceptors (Lipinski definition) is 4. The van der Waals surface area contributed by atoms with Gasteiger partial charge in [-0.1, -0.05) is 51.8 Å². The van der Waals surface area contributed by atoms with Crippen molar-refractivity contribution in [3.63, 3.8) is 0 Å². The van der Waals surface area contributed by atoms with Crippen molar-refractivity contribution in [2.24, 2.45) is 45.2 Å². The Kier molecular flexibility index (Phi) is 4.86. The van der Waals surface area contributed by atoms with Gasteiger partial charge in [-0.2, -0.15) is 0 Å². The molecule has 0 aromatic rings. The molecule has 0 amide bonds. The van der Waals surface area contributed by atoms with Gasteiger partial charge in [0.05, 0.1) is 5.25 Å². The lowest BCUT2D eigenvalue weighted by atomic mass is 9.45. The zero-order valence-corrected chi connectivity index (χ0v) is 19.0. The van der Waals surface area contributed by atoms with Gasteiger partial charge in [0, 0.05) is 12.0 Å². The highest BCUT2D eigenvalue weighted by Crippen LogP contribution is 2.71. The van der Waals surface area contributed by atoms with Crippen LogP contribution < -0.4 is 5.73 Å². The molecule has 0 radical (unpaired) electrons. The molecule has 4 fully saturated rings. The summed E-state index contributed by atoms with van der Waals surface area (Å²) in [6, 6.07) is 0. The number of hydrogen-bond donors (Lipinski definition) is 1. The van der Waals surface area contributed by atoms with Crippen LogP contribution in [0.3, 0.4) is 0 Å². The maximum atomic E-state index is 6.72. The number of thioether (sulfide) groups is 1. The van der Waals surface area contributed by atoms with Gasteiger partial charge in [-0.15, -0.1) is 0 Å². The first kappa shape index (κ1) is 19.7. The van der Waals surface area contributed by atoms with Crippen LogP contribution in [0.1, 0.15) is 91.4 Å². The minimum atomic E-state index is -0.350. The number of amidine groups is 1. The van der Waals surface area contributed by atoms with Crippen LogP contribution in [0.4, 0.5) is 0 Å². The lowest BCUT2D eigenvalue weighted by molar-refractivity contribution is -0.168. The Labute approximate surface area is 176 Å². The van der Waals surface area contributed by atoms with Crippen molar-refractivity contribution in [3.8, 4) is 0 Å². The highest BCUT2D eigenvalue weighted by atomic mass is 32.2. The van der Waals surface area contributed by atoms with Crippen molar-refractivity contribution >= 4 is 16.9 Å². The second-order valence-corrected chi connectivity index (χ2v) is 12.3. The third kappa shape index (κ3) is 2.55. The van der Waals surface area contributed by atoms with Crippen molar-refractivity contribution in [1.82, 2.24) is 0 Å². The Morgan fingerprint density at radius 2 is 1.96 bits per heavy atom. The van der Waals surface area contributed by atoms with Crippen molar-refractivity contribution in [1.29, 1.82) is 0 Å². The molecule has 0 spiro atoms. The Hall–Kier alpha value is -0.220. The Bertz CT molecular complexity index is 653. The summed E-state index contributed by atoms with van der Waals surface area (Å²) in [5.74, 6) is 3.57. The zero-order chi connectivity index (χ0) is 19.6. The summed E-state index contributed by atoms with van der Waals surface area (Å²) in [5.41, 5.74) is 6.69. The minimum Gasteiger partial charge on any atom is -0.378 e. The smallest absolute Gasteiger partial charge is 0.179 e. The quantitative estimate of drug-likeness (QED) is 0.587. The molecule has 1 heterocycles. The number of fused-ring (bicyclic) bond motifs is 7. The topological polar surface area (TPSA) is 47.6 Å². The number of unbranched alkanes of at least 4 members (excludes halogenated alkanes) is 1. The summed E-state index contributed by atoms with van der Waals surface area (Å²) < 4.78 is 6.72. The molecule has 4 heteroatoms. The molecular weight excluding hydrogens is 364 g/mol. The van der Waals surface area contributed by atoms with E-state index in [0.29, 0.717) is 10.7 Å². The molecule has 0 saturated heterocycles. The lowest BCUT2D eigenvalue weighted by Crippen LogP contribution is -2.57. The number of nitrogens with zero attached hydrogens (tertiary/aromatic N) is 1. The van der Waals surface area contributed by atoms with E-state index in [1.165, 1.54) is 64.2 Å². The van der Waals surface area contributed by atoms with Crippen LogP contribution in [-0.4, -0.2) is 22.7 Å². The predicted octanol–water partition coefficient (Wildman–Crippen LogP) is 5.97. The summed E-state index contributed by atoms with van der Waals surface area (Å²) in [5, 5.41) is 1.21. The predicted molar refractivity (Wildman–Crippen MR) is 118 cm³/mol. The van der Waals surface area contributed by atoms with E-state index in [0.717, 1.165) is 41.9 Å². The molecule has 28 heavy (non-hydrogen) atoms. The van der Waals surface area contributed by atoms with E-state index in [1.54, 1.807) is 0 Å². The molecule has 158 valence electrons. The molecule has 0 aromatic carbocycles. The lowest BCUT2D eigenvalue weighted by Gasteiger charge is -2.61. The van der Waals surface area contributed by atoms with Crippen LogP contribution in [0, 0.1) is 34.5 Å². The molecule has 5 rings (SSSR count). The summed E-state index contributed by atoms with van der Waals surface area (Å²) >= 11 is 1.82. The maximum absolute atomic E-state index is 6.72. The van der Waals surface area contributed by atoms with Gasteiger partial charge < -0.3 is 10.5 Å². The largest absolute Gasteiger partial charge is 0.378 e. The molecule has 3 nitrogen and oxygen atoms in total. The maximum Gasteiger partial charge on any atom is 0.179 e. The van der Waals surface area contributed by atoms with Gasteiger partial charge in [-0.05, 0) is 80.5 Å². The van der Waals surface area contributed by atoms with E-state index < -0.39 is 0 Å². The van der Waals surface area contributed by atoms with Gasteiger partial charge in [0.1, 0.15) is 0 Å². The van der Waals surface area contributed by atoms with E-state index in [2.05, 4.69) is 20.8 Å². The third-order valence-electron chi connectivity index (χ3n) is 10.1. The highest BCUT2D eigenvalue weighted by Gasteiger charge is 2.71. The monoisotopic (exact) mass is 404 g/mol. The fourth-order valence-corrected chi connectivity index (χ4v) is 9.91. The molecular formula is C24H40N2OS.